The maximum atomic E-state index is 12.8. The van der Waals surface area contributed by atoms with E-state index in [0.717, 1.165) is 38.5 Å². The van der Waals surface area contributed by atoms with Crippen molar-refractivity contribution in [3.05, 3.63) is 65.2 Å². The van der Waals surface area contributed by atoms with Gasteiger partial charge in [-0.2, -0.15) is 0 Å². The Bertz CT molecular complexity index is 788. The van der Waals surface area contributed by atoms with Gasteiger partial charge in [0.2, 0.25) is 0 Å². The Hall–Kier alpha value is -2.53. The molecule has 27 heavy (non-hydrogen) atoms. The average molecular weight is 365 g/mol. The predicted molar refractivity (Wildman–Crippen MR) is 106 cm³/mol. The summed E-state index contributed by atoms with van der Waals surface area (Å²) in [5.74, 6) is 0.886. The number of benzene rings is 2. The highest BCUT2D eigenvalue weighted by Gasteiger charge is 2.40. The highest BCUT2D eigenvalue weighted by atomic mass is 16.5. The number of methoxy groups -OCH3 is 1. The van der Waals surface area contributed by atoms with Crippen molar-refractivity contribution in [2.75, 3.05) is 33.3 Å². The van der Waals surface area contributed by atoms with Gasteiger partial charge in [-0.3, -0.25) is 4.90 Å². The van der Waals surface area contributed by atoms with Gasteiger partial charge >= 0.3 is 6.03 Å². The van der Waals surface area contributed by atoms with E-state index in [-0.39, 0.29) is 12.1 Å². The summed E-state index contributed by atoms with van der Waals surface area (Å²) in [7, 11) is 1.69. The minimum Gasteiger partial charge on any atom is -0.497 e. The minimum absolute atomic E-state index is 0.185. The van der Waals surface area contributed by atoms with Crippen LogP contribution in [-0.2, 0) is 13.1 Å². The maximum absolute atomic E-state index is 12.8. The molecule has 0 saturated carbocycles. The molecule has 0 bridgehead atoms. The third kappa shape index (κ3) is 3.93. The fourth-order valence-corrected chi connectivity index (χ4v) is 4.02. The zero-order chi connectivity index (χ0) is 18.8. The van der Waals surface area contributed by atoms with Gasteiger partial charge in [-0.1, -0.05) is 42.0 Å². The van der Waals surface area contributed by atoms with Crippen LogP contribution < -0.4 is 4.74 Å². The molecule has 2 saturated heterocycles. The first-order chi connectivity index (χ1) is 13.1. The van der Waals surface area contributed by atoms with Crippen LogP contribution in [0.25, 0.3) is 0 Å². The first-order valence-corrected chi connectivity index (χ1v) is 9.59. The molecule has 0 radical (unpaired) electrons. The fourth-order valence-electron chi connectivity index (χ4n) is 4.02. The molecule has 0 aromatic heterocycles. The third-order valence-corrected chi connectivity index (χ3v) is 5.57. The number of hydrogen-bond acceptors (Lipinski definition) is 3. The summed E-state index contributed by atoms with van der Waals surface area (Å²) >= 11 is 0. The molecule has 142 valence electrons. The molecule has 2 aromatic carbocycles. The van der Waals surface area contributed by atoms with Crippen molar-refractivity contribution in [2.24, 2.45) is 0 Å². The van der Waals surface area contributed by atoms with E-state index in [4.69, 9.17) is 4.74 Å². The molecule has 2 aromatic rings. The number of carbonyl (C=O) groups is 1. The minimum atomic E-state index is 0.185. The second kappa shape index (κ2) is 7.61. The number of ether oxygens (including phenoxy) is 1. The van der Waals surface area contributed by atoms with Crippen LogP contribution in [0.2, 0.25) is 0 Å². The number of aryl methyl sites for hydroxylation is 1. The molecule has 0 unspecified atom stereocenters. The Labute approximate surface area is 161 Å². The second-order valence-electron chi connectivity index (χ2n) is 7.58. The number of rotatable bonds is 5. The van der Waals surface area contributed by atoms with Gasteiger partial charge in [0.05, 0.1) is 13.2 Å². The van der Waals surface area contributed by atoms with Crippen LogP contribution in [0.4, 0.5) is 4.79 Å². The first-order valence-electron chi connectivity index (χ1n) is 9.59. The number of amides is 2. The quantitative estimate of drug-likeness (QED) is 0.817. The fraction of sp³-hybridized carbons (Fsp3) is 0.409. The summed E-state index contributed by atoms with van der Waals surface area (Å²) in [6.45, 7) is 7.18. The smallest absolute Gasteiger partial charge is 0.320 e. The van der Waals surface area contributed by atoms with Crippen LogP contribution in [0.1, 0.15) is 16.7 Å². The number of fused-ring (bicyclic) bond motifs is 1. The first kappa shape index (κ1) is 17.9. The molecule has 0 aliphatic carbocycles. The predicted octanol–water partition coefficient (Wildman–Crippen LogP) is 3.13. The van der Waals surface area contributed by atoms with E-state index < -0.39 is 0 Å². The molecular formula is C22H27N3O2. The van der Waals surface area contributed by atoms with E-state index in [1.54, 1.807) is 7.11 Å². The number of carbonyl (C=O) groups excluding carboxylic acids is 1. The van der Waals surface area contributed by atoms with Crippen LogP contribution >= 0.6 is 0 Å². The van der Waals surface area contributed by atoms with Crippen LogP contribution in [0.15, 0.2) is 48.5 Å². The summed E-state index contributed by atoms with van der Waals surface area (Å²) in [6, 6.07) is 17.2. The molecule has 5 nitrogen and oxygen atoms in total. The molecule has 2 heterocycles. The number of urea groups is 1. The van der Waals surface area contributed by atoms with E-state index in [0.29, 0.717) is 6.54 Å². The Morgan fingerprint density at radius 3 is 2.30 bits per heavy atom. The van der Waals surface area contributed by atoms with E-state index in [1.807, 2.05) is 17.0 Å². The molecule has 2 aliphatic rings. The molecule has 2 aliphatic heterocycles. The highest BCUT2D eigenvalue weighted by Crippen LogP contribution is 2.24. The normalized spacial score (nSPS) is 20.1. The van der Waals surface area contributed by atoms with Crippen LogP contribution in [0.5, 0.6) is 5.75 Å². The van der Waals surface area contributed by atoms with Gasteiger partial charge in [0.1, 0.15) is 5.75 Å². The van der Waals surface area contributed by atoms with Gasteiger partial charge in [-0.25, -0.2) is 4.79 Å². The van der Waals surface area contributed by atoms with Gasteiger partial charge in [-0.05, 0) is 30.2 Å². The van der Waals surface area contributed by atoms with Gasteiger partial charge in [-0.15, -0.1) is 0 Å². The SMILES string of the molecule is COc1ccc(CN2CCN3C(=O)N(Cc4ccc(C)cc4)C[C@H]3C2)cc1. The Morgan fingerprint density at radius 1 is 0.926 bits per heavy atom. The van der Waals surface area contributed by atoms with E-state index in [9.17, 15) is 4.79 Å². The van der Waals surface area contributed by atoms with Gasteiger partial charge in [0.15, 0.2) is 0 Å². The summed E-state index contributed by atoms with van der Waals surface area (Å²) < 4.78 is 5.23. The molecule has 2 amide bonds. The Morgan fingerprint density at radius 2 is 1.59 bits per heavy atom. The van der Waals surface area contributed by atoms with Crippen LogP contribution in [0, 0.1) is 6.92 Å². The topological polar surface area (TPSA) is 36.0 Å². The standard InChI is InChI=1S/C22H27N3O2/c1-17-3-5-19(6-4-17)14-24-16-20-15-23(11-12-25(20)22(24)26)13-18-7-9-21(27-2)10-8-18/h3-10,20H,11-16H2,1-2H3/t20-/m1/s1. The molecule has 1 atom stereocenters. The van der Waals surface area contributed by atoms with Gasteiger partial charge < -0.3 is 14.5 Å². The zero-order valence-corrected chi connectivity index (χ0v) is 16.1. The molecule has 5 heteroatoms. The summed E-state index contributed by atoms with van der Waals surface area (Å²) in [5, 5.41) is 0. The number of hydrogen-bond donors (Lipinski definition) is 0. The lowest BCUT2D eigenvalue weighted by Crippen LogP contribution is -2.51. The lowest BCUT2D eigenvalue weighted by Gasteiger charge is -2.36. The lowest BCUT2D eigenvalue weighted by molar-refractivity contribution is 0.116. The Balaban J connectivity index is 1.36. The molecule has 4 rings (SSSR count). The third-order valence-electron chi connectivity index (χ3n) is 5.57. The lowest BCUT2D eigenvalue weighted by atomic mass is 10.1. The van der Waals surface area contributed by atoms with Crippen molar-refractivity contribution in [1.29, 1.82) is 0 Å². The maximum Gasteiger partial charge on any atom is 0.320 e. The highest BCUT2D eigenvalue weighted by molar-refractivity contribution is 5.77. The summed E-state index contributed by atoms with van der Waals surface area (Å²) in [6.07, 6.45) is 0. The van der Waals surface area contributed by atoms with Gasteiger partial charge in [0, 0.05) is 39.3 Å². The van der Waals surface area contributed by atoms with E-state index >= 15 is 0 Å². The summed E-state index contributed by atoms with van der Waals surface area (Å²) in [5.41, 5.74) is 3.73. The number of nitrogens with zero attached hydrogens (tertiary/aromatic N) is 3. The number of piperazine rings is 1. The van der Waals surface area contributed by atoms with Gasteiger partial charge in [0.25, 0.3) is 0 Å². The van der Waals surface area contributed by atoms with Crippen LogP contribution in [0.3, 0.4) is 0 Å². The summed E-state index contributed by atoms with van der Waals surface area (Å²) in [4.78, 5) is 19.3. The zero-order valence-electron chi connectivity index (χ0n) is 16.1. The van der Waals surface area contributed by atoms with Crippen molar-refractivity contribution >= 4 is 6.03 Å². The van der Waals surface area contributed by atoms with Crippen molar-refractivity contribution in [3.8, 4) is 5.75 Å². The van der Waals surface area contributed by atoms with Crippen LogP contribution in [-0.4, -0.2) is 60.1 Å². The van der Waals surface area contributed by atoms with E-state index in [1.165, 1.54) is 16.7 Å². The molecule has 2 fully saturated rings. The average Bonchev–Trinajstić information content (AvgIpc) is 2.99. The second-order valence-corrected chi connectivity index (χ2v) is 7.58. The molecule has 0 spiro atoms. The van der Waals surface area contributed by atoms with Crippen molar-refractivity contribution in [3.63, 3.8) is 0 Å². The molecular weight excluding hydrogens is 338 g/mol. The largest absolute Gasteiger partial charge is 0.497 e. The van der Waals surface area contributed by atoms with Crippen molar-refractivity contribution in [1.82, 2.24) is 14.7 Å². The monoisotopic (exact) mass is 365 g/mol. The van der Waals surface area contributed by atoms with Crippen molar-refractivity contribution < 1.29 is 9.53 Å². The Kier molecular flexibility index (Phi) is 5.03. The van der Waals surface area contributed by atoms with E-state index in [2.05, 4.69) is 53.1 Å². The molecule has 0 N–H and O–H groups in total. The van der Waals surface area contributed by atoms with Crippen molar-refractivity contribution in [2.45, 2.75) is 26.1 Å².